The number of benzene rings is 2. The molecule has 0 saturated carbocycles. The number of carbonyl (C=O) groups excluding carboxylic acids is 1. The molecule has 0 bridgehead atoms. The molecule has 0 radical (unpaired) electrons. The summed E-state index contributed by atoms with van der Waals surface area (Å²) in [6, 6.07) is 21.7. The molecule has 6 rings (SSSR count). The molecule has 1 aliphatic heterocycles. The molecular formula is C30H23N5O4S2. The molecule has 9 nitrogen and oxygen atoms in total. The van der Waals surface area contributed by atoms with E-state index in [0.29, 0.717) is 22.8 Å². The molecule has 3 aromatic heterocycles. The van der Waals surface area contributed by atoms with Crippen molar-refractivity contribution in [3.05, 3.63) is 121 Å². The van der Waals surface area contributed by atoms with Gasteiger partial charge in [0, 0.05) is 13.2 Å². The zero-order valence-corrected chi connectivity index (χ0v) is 23.9. The van der Waals surface area contributed by atoms with Gasteiger partial charge in [0.25, 0.3) is 17.0 Å². The molecule has 1 saturated heterocycles. The number of thiocarbonyl (C=S) groups is 1. The molecule has 41 heavy (non-hydrogen) atoms. The second-order valence-corrected chi connectivity index (χ2v) is 11.1. The Kier molecular flexibility index (Phi) is 6.68. The topological polar surface area (TPSA) is 90.8 Å². The lowest BCUT2D eigenvalue weighted by atomic mass is 10.2. The number of anilines is 1. The summed E-state index contributed by atoms with van der Waals surface area (Å²) in [7, 11) is 1.75. The number of amides is 1. The summed E-state index contributed by atoms with van der Waals surface area (Å²) in [5.74, 6) is 0.0360. The van der Waals surface area contributed by atoms with Crippen LogP contribution in [0.5, 0.6) is 11.6 Å². The van der Waals surface area contributed by atoms with Crippen LogP contribution < -0.4 is 20.8 Å². The summed E-state index contributed by atoms with van der Waals surface area (Å²) in [6.45, 7) is 3.71. The van der Waals surface area contributed by atoms with Crippen molar-refractivity contribution in [1.29, 1.82) is 0 Å². The van der Waals surface area contributed by atoms with Gasteiger partial charge in [-0.3, -0.25) is 28.4 Å². The normalized spacial score (nSPS) is 14.4. The van der Waals surface area contributed by atoms with E-state index in [1.165, 1.54) is 20.1 Å². The Labute approximate surface area is 243 Å². The monoisotopic (exact) mass is 581 g/mol. The van der Waals surface area contributed by atoms with Crippen LogP contribution in [0.3, 0.4) is 0 Å². The second kappa shape index (κ2) is 10.3. The lowest BCUT2D eigenvalue weighted by Crippen LogP contribution is -2.33. The zero-order chi connectivity index (χ0) is 28.8. The van der Waals surface area contributed by atoms with Crippen molar-refractivity contribution < 1.29 is 9.53 Å². The summed E-state index contributed by atoms with van der Waals surface area (Å²) < 4.78 is 10.8. The molecule has 5 aromatic rings. The van der Waals surface area contributed by atoms with E-state index in [-0.39, 0.29) is 31.9 Å². The van der Waals surface area contributed by atoms with Crippen LogP contribution in [0.2, 0.25) is 0 Å². The molecule has 4 heterocycles. The first-order chi connectivity index (χ1) is 19.7. The Morgan fingerprint density at radius 2 is 1.61 bits per heavy atom. The van der Waals surface area contributed by atoms with Crippen LogP contribution in [-0.2, 0) is 11.8 Å². The minimum absolute atomic E-state index is 0.0534. The van der Waals surface area contributed by atoms with Gasteiger partial charge in [-0.25, -0.2) is 4.68 Å². The number of hydrogen-bond acceptors (Lipinski definition) is 7. The van der Waals surface area contributed by atoms with E-state index in [1.54, 1.807) is 55.2 Å². The first-order valence-corrected chi connectivity index (χ1v) is 13.8. The number of para-hydroxylation sites is 1. The van der Waals surface area contributed by atoms with Crippen LogP contribution in [0.25, 0.3) is 17.4 Å². The maximum Gasteiger partial charge on any atom is 0.296 e. The van der Waals surface area contributed by atoms with Crippen LogP contribution in [0.4, 0.5) is 5.69 Å². The number of rotatable bonds is 5. The molecule has 1 fully saturated rings. The van der Waals surface area contributed by atoms with Crippen molar-refractivity contribution in [2.24, 2.45) is 7.05 Å². The summed E-state index contributed by atoms with van der Waals surface area (Å²) in [6.07, 6.45) is 3.04. The molecule has 1 aliphatic rings. The minimum Gasteiger partial charge on any atom is -0.438 e. The third-order valence-electron chi connectivity index (χ3n) is 6.79. The third kappa shape index (κ3) is 4.58. The zero-order valence-electron chi connectivity index (χ0n) is 22.3. The van der Waals surface area contributed by atoms with E-state index < -0.39 is 11.5 Å². The lowest BCUT2D eigenvalue weighted by Gasteiger charge is -2.12. The van der Waals surface area contributed by atoms with Crippen LogP contribution in [0.15, 0.2) is 93.5 Å². The number of aryl methyl sites for hydroxylation is 1. The Morgan fingerprint density at radius 3 is 2.34 bits per heavy atom. The Hall–Kier alpha value is -4.74. The Morgan fingerprint density at radius 1 is 0.902 bits per heavy atom. The highest BCUT2D eigenvalue weighted by atomic mass is 32.2. The van der Waals surface area contributed by atoms with Gasteiger partial charge < -0.3 is 4.74 Å². The van der Waals surface area contributed by atoms with Gasteiger partial charge in [-0.1, -0.05) is 65.9 Å². The first-order valence-electron chi connectivity index (χ1n) is 12.6. The van der Waals surface area contributed by atoms with E-state index in [9.17, 15) is 14.4 Å². The number of pyridine rings is 1. The highest BCUT2D eigenvalue weighted by Crippen LogP contribution is 2.37. The average molecular weight is 582 g/mol. The number of ether oxygens (including phenoxy) is 1. The van der Waals surface area contributed by atoms with Crippen molar-refractivity contribution in [3.8, 4) is 17.3 Å². The van der Waals surface area contributed by atoms with Crippen LogP contribution in [0, 0.1) is 13.8 Å². The molecule has 0 spiro atoms. The molecule has 0 aliphatic carbocycles. The molecule has 0 unspecified atom stereocenters. The quantitative estimate of drug-likeness (QED) is 0.213. The fourth-order valence-corrected chi connectivity index (χ4v) is 5.86. The molecule has 0 N–H and O–H groups in total. The largest absolute Gasteiger partial charge is 0.438 e. The molecule has 11 heteroatoms. The number of nitrogens with zero attached hydrogens (tertiary/aromatic N) is 5. The van der Waals surface area contributed by atoms with Gasteiger partial charge in [-0.05, 0) is 56.3 Å². The number of fused-ring (bicyclic) bond motifs is 1. The van der Waals surface area contributed by atoms with E-state index in [4.69, 9.17) is 17.0 Å². The van der Waals surface area contributed by atoms with Crippen LogP contribution in [-0.4, -0.2) is 29.0 Å². The van der Waals surface area contributed by atoms with Gasteiger partial charge in [-0.2, -0.15) is 4.98 Å². The van der Waals surface area contributed by atoms with Crippen molar-refractivity contribution in [3.63, 3.8) is 0 Å². The van der Waals surface area contributed by atoms with E-state index in [1.807, 2.05) is 49.4 Å². The van der Waals surface area contributed by atoms with E-state index in [0.717, 1.165) is 17.3 Å². The number of carbonyl (C=O) groups is 1. The maximum atomic E-state index is 13.8. The highest BCUT2D eigenvalue weighted by molar-refractivity contribution is 8.27. The second-order valence-electron chi connectivity index (χ2n) is 9.41. The van der Waals surface area contributed by atoms with Crippen LogP contribution >= 0.6 is 24.0 Å². The SMILES string of the molecule is Cc1ccc(Oc2nc3ccccn3c(=O)c2C=C2SC(=S)N(c3c(C)n(C)n(-c4ccccc4)c3=O)C2=O)cc1. The van der Waals surface area contributed by atoms with E-state index >= 15 is 0 Å². The highest BCUT2D eigenvalue weighted by Gasteiger charge is 2.38. The molecule has 2 aromatic carbocycles. The predicted octanol–water partition coefficient (Wildman–Crippen LogP) is 5.00. The van der Waals surface area contributed by atoms with E-state index in [2.05, 4.69) is 4.98 Å². The van der Waals surface area contributed by atoms with Crippen molar-refractivity contribution in [1.82, 2.24) is 18.7 Å². The smallest absolute Gasteiger partial charge is 0.296 e. The number of aromatic nitrogens is 4. The third-order valence-corrected chi connectivity index (χ3v) is 8.09. The molecule has 204 valence electrons. The molecule has 1 amide bonds. The van der Waals surface area contributed by atoms with Gasteiger partial charge >= 0.3 is 0 Å². The maximum absolute atomic E-state index is 13.8. The minimum atomic E-state index is -0.509. The van der Waals surface area contributed by atoms with Crippen molar-refractivity contribution in [2.45, 2.75) is 13.8 Å². The predicted molar refractivity (Wildman–Crippen MR) is 164 cm³/mol. The van der Waals surface area contributed by atoms with Gasteiger partial charge in [0.05, 0.1) is 16.3 Å². The summed E-state index contributed by atoms with van der Waals surface area (Å²) in [5.41, 5.74) is 2.11. The fourth-order valence-electron chi connectivity index (χ4n) is 4.60. The summed E-state index contributed by atoms with van der Waals surface area (Å²) in [4.78, 5) is 47.0. The number of thioether (sulfide) groups is 1. The average Bonchev–Trinajstić information content (AvgIpc) is 3.36. The van der Waals surface area contributed by atoms with Gasteiger partial charge in [0.15, 0.2) is 4.32 Å². The van der Waals surface area contributed by atoms with Crippen LogP contribution in [0.1, 0.15) is 16.8 Å². The Bertz CT molecular complexity index is 2010. The summed E-state index contributed by atoms with van der Waals surface area (Å²) in [5, 5.41) is 0. The first kappa shape index (κ1) is 26.5. The standard InChI is InChI=1S/C30H23N5O4S2/c1-18-12-14-21(15-13-18)39-26-22(27(36)33-16-8-7-11-24(33)31-26)17-23-28(37)34(30(40)41-23)25-19(2)32(3)35(29(25)38)20-9-5-4-6-10-20/h4-17H,1-3H3. The summed E-state index contributed by atoms with van der Waals surface area (Å²) >= 11 is 6.59. The van der Waals surface area contributed by atoms with Crippen molar-refractivity contribution in [2.75, 3.05) is 4.90 Å². The van der Waals surface area contributed by atoms with Crippen molar-refractivity contribution >= 4 is 51.6 Å². The van der Waals surface area contributed by atoms with Gasteiger partial charge in [0.2, 0.25) is 5.88 Å². The molecule has 0 atom stereocenters. The number of hydrogen-bond donors (Lipinski definition) is 0. The van der Waals surface area contributed by atoms with Gasteiger partial charge in [-0.15, -0.1) is 0 Å². The fraction of sp³-hybridized carbons (Fsp3) is 0.100. The lowest BCUT2D eigenvalue weighted by molar-refractivity contribution is -0.113. The molecular weight excluding hydrogens is 558 g/mol. The Balaban J connectivity index is 1.46. The van der Waals surface area contributed by atoms with Gasteiger partial charge in [0.1, 0.15) is 22.6 Å².